The van der Waals surface area contributed by atoms with Crippen LogP contribution in [0, 0.1) is 23.2 Å². The van der Waals surface area contributed by atoms with Gasteiger partial charge in [0.15, 0.2) is 0 Å². The number of nitriles is 1. The van der Waals surface area contributed by atoms with Crippen LogP contribution in [-0.2, 0) is 13.0 Å². The molecule has 2 N–H and O–H groups in total. The van der Waals surface area contributed by atoms with E-state index in [4.69, 9.17) is 11.0 Å². The third-order valence-electron chi connectivity index (χ3n) is 8.11. The normalized spacial score (nSPS) is 25.6. The standard InChI is InChI=1S/C30H41N3/c31-22-27-8-10-28(11-9-27)23-33(20-4-7-24-5-2-1-3-6-24)30-18-14-26(15-19-30)21-25-12-16-29(32)17-13-25/h1-3,5-6,8-11,25-26,29-30H,4,7,12-21,23,32H2. The third kappa shape index (κ3) is 7.42. The maximum absolute atomic E-state index is 9.13. The summed E-state index contributed by atoms with van der Waals surface area (Å²) in [6, 6.07) is 22.5. The maximum Gasteiger partial charge on any atom is 0.0991 e. The third-order valence-corrected chi connectivity index (χ3v) is 8.11. The van der Waals surface area contributed by atoms with Gasteiger partial charge in [0.1, 0.15) is 0 Å². The van der Waals surface area contributed by atoms with E-state index in [0.717, 1.165) is 36.9 Å². The van der Waals surface area contributed by atoms with Gasteiger partial charge in [0, 0.05) is 18.6 Å². The lowest BCUT2D eigenvalue weighted by molar-refractivity contribution is 0.116. The molecule has 3 heteroatoms. The molecule has 0 unspecified atom stereocenters. The smallest absolute Gasteiger partial charge is 0.0991 e. The molecule has 0 saturated heterocycles. The fourth-order valence-corrected chi connectivity index (χ4v) is 6.08. The second-order valence-corrected chi connectivity index (χ2v) is 10.6. The van der Waals surface area contributed by atoms with Gasteiger partial charge in [-0.15, -0.1) is 0 Å². The first-order valence-electron chi connectivity index (χ1n) is 13.2. The van der Waals surface area contributed by atoms with Crippen LogP contribution in [-0.4, -0.2) is 23.5 Å². The fourth-order valence-electron chi connectivity index (χ4n) is 6.08. The molecule has 2 aliphatic carbocycles. The number of rotatable bonds is 9. The Morgan fingerprint density at radius 3 is 2.06 bits per heavy atom. The Labute approximate surface area is 201 Å². The minimum absolute atomic E-state index is 0.462. The van der Waals surface area contributed by atoms with E-state index in [1.165, 1.54) is 75.3 Å². The SMILES string of the molecule is N#Cc1ccc(CN(CCCc2ccccc2)C2CCC(CC3CCC(N)CC3)CC2)cc1. The molecular formula is C30H41N3. The zero-order chi connectivity index (χ0) is 22.9. The first-order chi connectivity index (χ1) is 16.2. The lowest BCUT2D eigenvalue weighted by Gasteiger charge is -2.38. The molecule has 0 amide bonds. The van der Waals surface area contributed by atoms with Gasteiger partial charge in [-0.2, -0.15) is 5.26 Å². The van der Waals surface area contributed by atoms with Crippen LogP contribution in [0.2, 0.25) is 0 Å². The topological polar surface area (TPSA) is 53.0 Å². The van der Waals surface area contributed by atoms with Gasteiger partial charge in [-0.1, -0.05) is 42.5 Å². The zero-order valence-electron chi connectivity index (χ0n) is 20.2. The predicted molar refractivity (Wildman–Crippen MR) is 137 cm³/mol. The van der Waals surface area contributed by atoms with E-state index >= 15 is 0 Å². The molecule has 0 bridgehead atoms. The van der Waals surface area contributed by atoms with Crippen LogP contribution in [0.4, 0.5) is 0 Å². The van der Waals surface area contributed by atoms with Crippen molar-refractivity contribution in [1.82, 2.24) is 4.90 Å². The minimum atomic E-state index is 0.462. The summed E-state index contributed by atoms with van der Waals surface area (Å²) in [4.78, 5) is 2.74. The van der Waals surface area contributed by atoms with Gasteiger partial charge in [0.2, 0.25) is 0 Å². The molecule has 0 atom stereocenters. The molecule has 4 rings (SSSR count). The molecule has 2 aromatic rings. The lowest BCUT2D eigenvalue weighted by atomic mass is 9.75. The number of aryl methyl sites for hydroxylation is 1. The summed E-state index contributed by atoms with van der Waals surface area (Å²) in [6.07, 6.45) is 14.4. The van der Waals surface area contributed by atoms with Crippen molar-refractivity contribution in [2.45, 2.75) is 89.3 Å². The van der Waals surface area contributed by atoms with Gasteiger partial charge >= 0.3 is 0 Å². The van der Waals surface area contributed by atoms with Crippen molar-refractivity contribution in [2.24, 2.45) is 17.6 Å². The monoisotopic (exact) mass is 443 g/mol. The van der Waals surface area contributed by atoms with Crippen molar-refractivity contribution in [3.8, 4) is 6.07 Å². The van der Waals surface area contributed by atoms with Crippen LogP contribution in [0.3, 0.4) is 0 Å². The van der Waals surface area contributed by atoms with Crippen molar-refractivity contribution in [2.75, 3.05) is 6.54 Å². The molecule has 176 valence electrons. The summed E-state index contributed by atoms with van der Waals surface area (Å²) in [5.41, 5.74) is 9.63. The molecule has 0 heterocycles. The van der Waals surface area contributed by atoms with E-state index in [1.54, 1.807) is 0 Å². The molecule has 0 aliphatic heterocycles. The summed E-state index contributed by atoms with van der Waals surface area (Å²) < 4.78 is 0. The second-order valence-electron chi connectivity index (χ2n) is 10.6. The van der Waals surface area contributed by atoms with Crippen molar-refractivity contribution in [3.63, 3.8) is 0 Å². The Bertz CT molecular complexity index is 854. The van der Waals surface area contributed by atoms with Crippen molar-refractivity contribution >= 4 is 0 Å². The van der Waals surface area contributed by atoms with Gasteiger partial charge < -0.3 is 5.73 Å². The molecular weight excluding hydrogens is 402 g/mol. The Hall–Kier alpha value is -2.15. The maximum atomic E-state index is 9.13. The number of nitrogens with zero attached hydrogens (tertiary/aromatic N) is 2. The van der Waals surface area contributed by atoms with Crippen LogP contribution in [0.25, 0.3) is 0 Å². The highest BCUT2D eigenvalue weighted by Gasteiger charge is 2.28. The summed E-state index contributed by atoms with van der Waals surface area (Å²) in [5, 5.41) is 9.13. The minimum Gasteiger partial charge on any atom is -0.328 e. The van der Waals surface area contributed by atoms with Crippen LogP contribution in [0.15, 0.2) is 54.6 Å². The molecule has 2 aliphatic rings. The molecule has 33 heavy (non-hydrogen) atoms. The van der Waals surface area contributed by atoms with E-state index in [0.29, 0.717) is 12.1 Å². The van der Waals surface area contributed by atoms with Gasteiger partial charge in [-0.05, 0) is 112 Å². The number of hydrogen-bond acceptors (Lipinski definition) is 3. The Morgan fingerprint density at radius 1 is 0.788 bits per heavy atom. The predicted octanol–water partition coefficient (Wildman–Crippen LogP) is 6.46. The van der Waals surface area contributed by atoms with Crippen LogP contribution in [0.1, 0.15) is 80.9 Å². The molecule has 3 nitrogen and oxygen atoms in total. The molecule has 0 spiro atoms. The Morgan fingerprint density at radius 2 is 1.42 bits per heavy atom. The molecule has 0 aromatic heterocycles. The van der Waals surface area contributed by atoms with Gasteiger partial charge in [-0.25, -0.2) is 0 Å². The van der Waals surface area contributed by atoms with Crippen molar-refractivity contribution in [1.29, 1.82) is 5.26 Å². The Balaban J connectivity index is 1.31. The highest BCUT2D eigenvalue weighted by Crippen LogP contribution is 2.36. The highest BCUT2D eigenvalue weighted by molar-refractivity contribution is 5.31. The summed E-state index contributed by atoms with van der Waals surface area (Å²) in [7, 11) is 0. The van der Waals surface area contributed by atoms with Crippen LogP contribution >= 0.6 is 0 Å². The average Bonchev–Trinajstić information content (AvgIpc) is 2.86. The first-order valence-corrected chi connectivity index (χ1v) is 13.2. The lowest BCUT2D eigenvalue weighted by Crippen LogP contribution is -2.39. The summed E-state index contributed by atoms with van der Waals surface area (Å²) >= 11 is 0. The van der Waals surface area contributed by atoms with E-state index in [2.05, 4.69) is 53.4 Å². The van der Waals surface area contributed by atoms with Crippen molar-refractivity contribution < 1.29 is 0 Å². The number of benzene rings is 2. The van der Waals surface area contributed by atoms with Crippen LogP contribution < -0.4 is 5.73 Å². The quantitative estimate of drug-likeness (QED) is 0.484. The summed E-state index contributed by atoms with van der Waals surface area (Å²) in [5.74, 6) is 1.84. The summed E-state index contributed by atoms with van der Waals surface area (Å²) in [6.45, 7) is 2.14. The fraction of sp³-hybridized carbons (Fsp3) is 0.567. The Kier molecular flexibility index (Phi) is 8.98. The van der Waals surface area contributed by atoms with Crippen molar-refractivity contribution in [3.05, 3.63) is 71.3 Å². The van der Waals surface area contributed by atoms with E-state index in [-0.39, 0.29) is 0 Å². The molecule has 2 fully saturated rings. The zero-order valence-corrected chi connectivity index (χ0v) is 20.2. The highest BCUT2D eigenvalue weighted by atomic mass is 15.1. The largest absolute Gasteiger partial charge is 0.328 e. The first kappa shape index (κ1) is 24.0. The van der Waals surface area contributed by atoms with Gasteiger partial charge in [0.05, 0.1) is 11.6 Å². The van der Waals surface area contributed by atoms with E-state index in [1.807, 2.05) is 12.1 Å². The number of nitrogens with two attached hydrogens (primary N) is 1. The average molecular weight is 444 g/mol. The molecule has 2 aromatic carbocycles. The van der Waals surface area contributed by atoms with Crippen LogP contribution in [0.5, 0.6) is 0 Å². The van der Waals surface area contributed by atoms with E-state index in [9.17, 15) is 0 Å². The molecule has 0 radical (unpaired) electrons. The van der Waals surface area contributed by atoms with Gasteiger partial charge in [-0.3, -0.25) is 4.90 Å². The molecule has 2 saturated carbocycles. The second kappa shape index (κ2) is 12.4. The van der Waals surface area contributed by atoms with Gasteiger partial charge in [0.25, 0.3) is 0 Å². The number of hydrogen-bond donors (Lipinski definition) is 1. The van der Waals surface area contributed by atoms with E-state index < -0.39 is 0 Å².